The Balaban J connectivity index is 1.46. The fourth-order valence-electron chi connectivity index (χ4n) is 4.37. The molecule has 0 bridgehead atoms. The molecule has 1 aliphatic heterocycles. The van der Waals surface area contributed by atoms with E-state index in [4.69, 9.17) is 5.73 Å². The highest BCUT2D eigenvalue weighted by atomic mass is 16.2. The normalized spacial score (nSPS) is 17.8. The SMILES string of the molecule is NC(=O)c1cc(C2(CCN3CCCC3)CC2)ccc1NC(=O)Cc1ccccc1. The van der Waals surface area contributed by atoms with Crippen LogP contribution in [0.2, 0.25) is 0 Å². The van der Waals surface area contributed by atoms with E-state index in [0.29, 0.717) is 11.3 Å². The molecule has 1 heterocycles. The number of carbonyl (C=O) groups is 2. The van der Waals surface area contributed by atoms with E-state index in [-0.39, 0.29) is 17.7 Å². The van der Waals surface area contributed by atoms with Crippen LogP contribution in [0.15, 0.2) is 48.5 Å². The molecule has 2 aromatic carbocycles. The number of nitrogens with zero attached hydrogens (tertiary/aromatic N) is 1. The second-order valence-corrected chi connectivity index (χ2v) is 8.41. The van der Waals surface area contributed by atoms with Crippen molar-refractivity contribution in [1.82, 2.24) is 4.90 Å². The maximum atomic E-state index is 12.4. The smallest absolute Gasteiger partial charge is 0.250 e. The first-order valence-corrected chi connectivity index (χ1v) is 10.6. The topological polar surface area (TPSA) is 75.4 Å². The van der Waals surface area contributed by atoms with E-state index in [1.807, 2.05) is 42.5 Å². The Hall–Kier alpha value is -2.66. The zero-order valence-electron chi connectivity index (χ0n) is 16.8. The summed E-state index contributed by atoms with van der Waals surface area (Å²) in [5.41, 5.74) is 8.82. The van der Waals surface area contributed by atoms with E-state index in [9.17, 15) is 9.59 Å². The summed E-state index contributed by atoms with van der Waals surface area (Å²) < 4.78 is 0. The van der Waals surface area contributed by atoms with Crippen molar-refractivity contribution in [2.24, 2.45) is 5.73 Å². The maximum absolute atomic E-state index is 12.4. The molecule has 29 heavy (non-hydrogen) atoms. The quantitative estimate of drug-likeness (QED) is 0.723. The maximum Gasteiger partial charge on any atom is 0.250 e. The Kier molecular flexibility index (Phi) is 5.67. The second-order valence-electron chi connectivity index (χ2n) is 8.41. The standard InChI is InChI=1S/C24H29N3O2/c25-23(29)20-17-19(24(10-11-24)12-15-27-13-4-5-14-27)8-9-21(20)26-22(28)16-18-6-2-1-3-7-18/h1-3,6-9,17H,4-5,10-16H2,(H2,25,29)(H,26,28). The van der Waals surface area contributed by atoms with Gasteiger partial charge in [0.05, 0.1) is 17.7 Å². The van der Waals surface area contributed by atoms with Crippen LogP contribution in [0.3, 0.4) is 0 Å². The molecular weight excluding hydrogens is 362 g/mol. The molecule has 2 aliphatic rings. The molecule has 5 heteroatoms. The molecule has 2 amide bonds. The molecule has 1 saturated heterocycles. The van der Waals surface area contributed by atoms with Gasteiger partial charge >= 0.3 is 0 Å². The molecule has 2 aromatic rings. The number of likely N-dealkylation sites (tertiary alicyclic amines) is 1. The molecule has 0 aromatic heterocycles. The molecule has 0 atom stereocenters. The average Bonchev–Trinajstić information content (AvgIpc) is 3.32. The number of amides is 2. The van der Waals surface area contributed by atoms with Crippen molar-refractivity contribution in [3.63, 3.8) is 0 Å². The highest BCUT2D eigenvalue weighted by molar-refractivity contribution is 6.03. The minimum Gasteiger partial charge on any atom is -0.366 e. The highest BCUT2D eigenvalue weighted by Gasteiger charge is 2.44. The van der Waals surface area contributed by atoms with Gasteiger partial charge in [-0.25, -0.2) is 0 Å². The van der Waals surface area contributed by atoms with Gasteiger partial charge in [-0.3, -0.25) is 9.59 Å². The molecule has 152 valence electrons. The van der Waals surface area contributed by atoms with Crippen LogP contribution >= 0.6 is 0 Å². The highest BCUT2D eigenvalue weighted by Crippen LogP contribution is 2.51. The summed E-state index contributed by atoms with van der Waals surface area (Å²) in [7, 11) is 0. The lowest BCUT2D eigenvalue weighted by Gasteiger charge is -2.22. The lowest BCUT2D eigenvalue weighted by atomic mass is 9.90. The van der Waals surface area contributed by atoms with Gasteiger partial charge in [-0.15, -0.1) is 0 Å². The van der Waals surface area contributed by atoms with E-state index in [1.54, 1.807) is 0 Å². The largest absolute Gasteiger partial charge is 0.366 e. The number of nitrogens with two attached hydrogens (primary N) is 1. The third-order valence-electron chi connectivity index (χ3n) is 6.34. The zero-order valence-corrected chi connectivity index (χ0v) is 16.8. The molecule has 0 unspecified atom stereocenters. The summed E-state index contributed by atoms with van der Waals surface area (Å²) in [6, 6.07) is 15.4. The van der Waals surface area contributed by atoms with Gasteiger partial charge in [0.25, 0.3) is 5.91 Å². The van der Waals surface area contributed by atoms with E-state index in [2.05, 4.69) is 16.3 Å². The van der Waals surface area contributed by atoms with Crippen molar-refractivity contribution in [2.75, 3.05) is 25.0 Å². The summed E-state index contributed by atoms with van der Waals surface area (Å²) in [5.74, 6) is -0.654. The molecule has 1 aliphatic carbocycles. The lowest BCUT2D eigenvalue weighted by molar-refractivity contribution is -0.115. The first kappa shape index (κ1) is 19.6. The predicted molar refractivity (Wildman–Crippen MR) is 115 cm³/mol. The van der Waals surface area contributed by atoms with Crippen molar-refractivity contribution >= 4 is 17.5 Å². The monoisotopic (exact) mass is 391 g/mol. The number of hydrogen-bond donors (Lipinski definition) is 2. The predicted octanol–water partition coefficient (Wildman–Crippen LogP) is 3.48. The first-order chi connectivity index (χ1) is 14.1. The van der Waals surface area contributed by atoms with Crippen molar-refractivity contribution < 1.29 is 9.59 Å². The van der Waals surface area contributed by atoms with Crippen LogP contribution in [0.4, 0.5) is 5.69 Å². The third-order valence-corrected chi connectivity index (χ3v) is 6.34. The van der Waals surface area contributed by atoms with Gasteiger partial charge in [-0.1, -0.05) is 36.4 Å². The number of carbonyl (C=O) groups excluding carboxylic acids is 2. The van der Waals surface area contributed by atoms with Gasteiger partial charge in [-0.2, -0.15) is 0 Å². The van der Waals surface area contributed by atoms with Crippen LogP contribution < -0.4 is 11.1 Å². The summed E-state index contributed by atoms with van der Waals surface area (Å²) in [5, 5.41) is 2.87. The van der Waals surface area contributed by atoms with Gasteiger partial charge < -0.3 is 16.0 Å². The number of anilines is 1. The van der Waals surface area contributed by atoms with Crippen molar-refractivity contribution in [2.45, 2.75) is 43.9 Å². The van der Waals surface area contributed by atoms with Crippen LogP contribution in [-0.4, -0.2) is 36.3 Å². The molecule has 0 spiro atoms. The van der Waals surface area contributed by atoms with E-state index < -0.39 is 5.91 Å². The summed E-state index contributed by atoms with van der Waals surface area (Å²) >= 11 is 0. The Morgan fingerprint density at radius 3 is 2.41 bits per heavy atom. The van der Waals surface area contributed by atoms with Crippen LogP contribution in [0, 0.1) is 0 Å². The third kappa shape index (κ3) is 4.67. The molecule has 4 rings (SSSR count). The summed E-state index contributed by atoms with van der Waals surface area (Å²) in [6.07, 6.45) is 6.29. The average molecular weight is 392 g/mol. The molecule has 1 saturated carbocycles. The zero-order chi connectivity index (χ0) is 20.3. The van der Waals surface area contributed by atoms with Crippen molar-refractivity contribution in [3.05, 3.63) is 65.2 Å². The van der Waals surface area contributed by atoms with Gasteiger partial charge in [-0.05, 0) is 80.4 Å². The minimum atomic E-state index is -0.503. The molecule has 0 radical (unpaired) electrons. The summed E-state index contributed by atoms with van der Waals surface area (Å²) in [4.78, 5) is 27.1. The van der Waals surface area contributed by atoms with E-state index in [1.165, 1.54) is 31.5 Å². The molecular formula is C24H29N3O2. The van der Waals surface area contributed by atoms with Gasteiger partial charge in [0, 0.05) is 0 Å². The first-order valence-electron chi connectivity index (χ1n) is 10.6. The van der Waals surface area contributed by atoms with Crippen LogP contribution in [0.25, 0.3) is 0 Å². The Morgan fingerprint density at radius 1 is 1.03 bits per heavy atom. The van der Waals surface area contributed by atoms with E-state index >= 15 is 0 Å². The number of primary amides is 1. The number of nitrogens with one attached hydrogen (secondary N) is 1. The van der Waals surface area contributed by atoms with Crippen LogP contribution in [0.1, 0.15) is 53.6 Å². The van der Waals surface area contributed by atoms with Crippen molar-refractivity contribution in [3.8, 4) is 0 Å². The molecule has 3 N–H and O–H groups in total. The fourth-order valence-corrected chi connectivity index (χ4v) is 4.37. The van der Waals surface area contributed by atoms with Gasteiger partial charge in [0.15, 0.2) is 0 Å². The van der Waals surface area contributed by atoms with Crippen LogP contribution in [0.5, 0.6) is 0 Å². The lowest BCUT2D eigenvalue weighted by Crippen LogP contribution is -2.25. The number of hydrogen-bond acceptors (Lipinski definition) is 3. The van der Waals surface area contributed by atoms with Crippen molar-refractivity contribution in [1.29, 1.82) is 0 Å². The Labute approximate surface area is 172 Å². The minimum absolute atomic E-state index is 0.151. The Morgan fingerprint density at radius 2 is 1.76 bits per heavy atom. The fraction of sp³-hybridized carbons (Fsp3) is 0.417. The van der Waals surface area contributed by atoms with E-state index in [0.717, 1.165) is 31.4 Å². The summed E-state index contributed by atoms with van der Waals surface area (Å²) in [6.45, 7) is 3.52. The van der Waals surface area contributed by atoms with Gasteiger partial charge in [0.1, 0.15) is 0 Å². The Bertz CT molecular complexity index is 884. The number of rotatable bonds is 8. The van der Waals surface area contributed by atoms with Gasteiger partial charge in [0.2, 0.25) is 5.91 Å². The molecule has 5 nitrogen and oxygen atoms in total. The van der Waals surface area contributed by atoms with Crippen LogP contribution in [-0.2, 0) is 16.6 Å². The second kappa shape index (κ2) is 8.37. The molecule has 2 fully saturated rings. The number of benzene rings is 2.